The molecule has 0 atom stereocenters. The van der Waals surface area contributed by atoms with E-state index in [2.05, 4.69) is 23.1 Å². The Morgan fingerprint density at radius 2 is 2.20 bits per heavy atom. The van der Waals surface area contributed by atoms with Gasteiger partial charge in [0.25, 0.3) is 0 Å². The Morgan fingerprint density at radius 1 is 1.40 bits per heavy atom. The lowest BCUT2D eigenvalue weighted by Crippen LogP contribution is -2.16. The molecule has 0 fully saturated rings. The zero-order valence-electron chi connectivity index (χ0n) is 8.86. The Labute approximate surface area is 89.9 Å². The molecule has 15 heavy (non-hydrogen) atoms. The molecule has 0 aliphatic carbocycles. The summed E-state index contributed by atoms with van der Waals surface area (Å²) in [5.41, 5.74) is 2.68. The molecule has 0 radical (unpaired) electrons. The van der Waals surface area contributed by atoms with Crippen molar-refractivity contribution in [3.63, 3.8) is 0 Å². The maximum atomic E-state index is 8.53. The summed E-state index contributed by atoms with van der Waals surface area (Å²) in [5.74, 6) is 0.913. The van der Waals surface area contributed by atoms with E-state index >= 15 is 0 Å². The third kappa shape index (κ3) is 2.11. The summed E-state index contributed by atoms with van der Waals surface area (Å²) >= 11 is 0. The number of rotatable bonds is 3. The second kappa shape index (κ2) is 4.33. The smallest absolute Gasteiger partial charge is 0.119 e. The maximum absolute atomic E-state index is 8.53. The Morgan fingerprint density at radius 3 is 2.93 bits per heavy atom. The van der Waals surface area contributed by atoms with E-state index in [4.69, 9.17) is 10.00 Å². The number of hydrogen-bond acceptors (Lipinski definition) is 3. The van der Waals surface area contributed by atoms with Crippen LogP contribution in [0.3, 0.4) is 0 Å². The van der Waals surface area contributed by atoms with Crippen LogP contribution in [0.5, 0.6) is 5.75 Å². The third-order valence-electron chi connectivity index (χ3n) is 2.74. The van der Waals surface area contributed by atoms with Gasteiger partial charge in [-0.15, -0.1) is 0 Å². The summed E-state index contributed by atoms with van der Waals surface area (Å²) in [7, 11) is 1.68. The summed E-state index contributed by atoms with van der Waals surface area (Å²) in [6.45, 7) is 2.75. The topological polar surface area (TPSA) is 36.3 Å². The van der Waals surface area contributed by atoms with Crippen molar-refractivity contribution in [2.75, 3.05) is 13.7 Å². The van der Waals surface area contributed by atoms with Gasteiger partial charge in [0, 0.05) is 26.1 Å². The fourth-order valence-electron chi connectivity index (χ4n) is 1.93. The molecule has 0 bridgehead atoms. The van der Waals surface area contributed by atoms with Gasteiger partial charge >= 0.3 is 0 Å². The molecule has 0 unspecified atom stereocenters. The van der Waals surface area contributed by atoms with Crippen LogP contribution in [-0.4, -0.2) is 18.6 Å². The number of nitrogens with zero attached hydrogens (tertiary/aromatic N) is 2. The normalized spacial score (nSPS) is 14.7. The Balaban J connectivity index is 2.07. The molecule has 3 heteroatoms. The van der Waals surface area contributed by atoms with Crippen LogP contribution in [0.25, 0.3) is 0 Å². The van der Waals surface area contributed by atoms with Gasteiger partial charge < -0.3 is 4.74 Å². The molecule has 1 aromatic rings. The fraction of sp³-hybridized carbons (Fsp3) is 0.417. The number of fused-ring (bicyclic) bond motifs is 1. The van der Waals surface area contributed by atoms with Crippen LogP contribution >= 0.6 is 0 Å². The summed E-state index contributed by atoms with van der Waals surface area (Å²) in [5, 5.41) is 8.53. The Hall–Kier alpha value is -1.53. The lowest BCUT2D eigenvalue weighted by Gasteiger charge is -2.11. The standard InChI is InChI=1S/C12H14N2O/c1-15-12-4-3-10-8-14(6-2-5-13)9-11(10)7-12/h3-4,7H,2,6,8-9H2,1H3. The minimum Gasteiger partial charge on any atom is -0.497 e. The minimum absolute atomic E-state index is 0.602. The molecule has 1 heterocycles. The lowest BCUT2D eigenvalue weighted by molar-refractivity contribution is 0.291. The van der Waals surface area contributed by atoms with Crippen LogP contribution in [0.1, 0.15) is 17.5 Å². The highest BCUT2D eigenvalue weighted by molar-refractivity contribution is 5.37. The van der Waals surface area contributed by atoms with Crippen molar-refractivity contribution >= 4 is 0 Å². The molecule has 3 nitrogen and oxygen atoms in total. The third-order valence-corrected chi connectivity index (χ3v) is 2.74. The quantitative estimate of drug-likeness (QED) is 0.751. The van der Waals surface area contributed by atoms with Crippen molar-refractivity contribution in [1.29, 1.82) is 5.26 Å². The average Bonchev–Trinajstić information content (AvgIpc) is 2.67. The van der Waals surface area contributed by atoms with E-state index in [-0.39, 0.29) is 0 Å². The molecule has 2 rings (SSSR count). The predicted molar refractivity (Wildman–Crippen MR) is 57.3 cm³/mol. The Kier molecular flexibility index (Phi) is 2.89. The summed E-state index contributed by atoms with van der Waals surface area (Å²) in [4.78, 5) is 2.29. The monoisotopic (exact) mass is 202 g/mol. The molecule has 78 valence electrons. The highest BCUT2D eigenvalue weighted by atomic mass is 16.5. The fourth-order valence-corrected chi connectivity index (χ4v) is 1.93. The van der Waals surface area contributed by atoms with E-state index in [1.807, 2.05) is 6.07 Å². The summed E-state index contributed by atoms with van der Waals surface area (Å²) < 4.78 is 5.18. The number of hydrogen-bond donors (Lipinski definition) is 0. The van der Waals surface area contributed by atoms with Crippen LogP contribution in [0.15, 0.2) is 18.2 Å². The van der Waals surface area contributed by atoms with Crippen molar-refractivity contribution < 1.29 is 4.74 Å². The Bertz CT molecular complexity index is 395. The van der Waals surface area contributed by atoms with Gasteiger partial charge in [0.1, 0.15) is 5.75 Å². The van der Waals surface area contributed by atoms with Gasteiger partial charge in [-0.25, -0.2) is 0 Å². The molecule has 0 saturated carbocycles. The summed E-state index contributed by atoms with van der Waals surface area (Å²) in [6.07, 6.45) is 0.602. The molecule has 0 amide bonds. The number of methoxy groups -OCH3 is 1. The zero-order chi connectivity index (χ0) is 10.7. The predicted octanol–water partition coefficient (Wildman–Crippen LogP) is 1.92. The van der Waals surface area contributed by atoms with Crippen LogP contribution in [0.4, 0.5) is 0 Å². The SMILES string of the molecule is COc1ccc2c(c1)CN(CCC#N)C2. The molecular formula is C12H14N2O. The first-order chi connectivity index (χ1) is 7.33. The van der Waals surface area contributed by atoms with E-state index < -0.39 is 0 Å². The molecule has 0 aromatic heterocycles. The van der Waals surface area contributed by atoms with E-state index in [0.717, 1.165) is 25.4 Å². The lowest BCUT2D eigenvalue weighted by atomic mass is 10.1. The highest BCUT2D eigenvalue weighted by Crippen LogP contribution is 2.26. The molecule has 0 spiro atoms. The van der Waals surface area contributed by atoms with E-state index in [1.165, 1.54) is 11.1 Å². The van der Waals surface area contributed by atoms with Crippen LogP contribution in [-0.2, 0) is 13.1 Å². The van der Waals surface area contributed by atoms with Gasteiger partial charge in [0.05, 0.1) is 13.2 Å². The second-order valence-corrected chi connectivity index (χ2v) is 3.75. The molecule has 1 aliphatic rings. The van der Waals surface area contributed by atoms with Gasteiger partial charge in [-0.1, -0.05) is 6.07 Å². The van der Waals surface area contributed by atoms with Crippen LogP contribution in [0.2, 0.25) is 0 Å². The molecule has 0 N–H and O–H groups in total. The van der Waals surface area contributed by atoms with Gasteiger partial charge in [0.2, 0.25) is 0 Å². The van der Waals surface area contributed by atoms with Crippen molar-refractivity contribution in [3.8, 4) is 11.8 Å². The van der Waals surface area contributed by atoms with Gasteiger partial charge in [-0.2, -0.15) is 5.26 Å². The first-order valence-corrected chi connectivity index (χ1v) is 5.08. The summed E-state index contributed by atoms with van der Waals surface area (Å²) in [6, 6.07) is 8.37. The van der Waals surface area contributed by atoms with Crippen molar-refractivity contribution in [1.82, 2.24) is 4.90 Å². The maximum Gasteiger partial charge on any atom is 0.119 e. The first-order valence-electron chi connectivity index (χ1n) is 5.08. The number of ether oxygens (including phenoxy) is 1. The van der Waals surface area contributed by atoms with Gasteiger partial charge in [-0.05, 0) is 23.3 Å². The first kappa shape index (κ1) is 10.0. The van der Waals surface area contributed by atoms with E-state index in [0.29, 0.717) is 6.42 Å². The minimum atomic E-state index is 0.602. The largest absolute Gasteiger partial charge is 0.497 e. The van der Waals surface area contributed by atoms with Crippen LogP contribution < -0.4 is 4.74 Å². The zero-order valence-corrected chi connectivity index (χ0v) is 8.86. The number of benzene rings is 1. The van der Waals surface area contributed by atoms with Crippen LogP contribution in [0, 0.1) is 11.3 Å². The molecule has 1 aliphatic heterocycles. The highest BCUT2D eigenvalue weighted by Gasteiger charge is 2.18. The second-order valence-electron chi connectivity index (χ2n) is 3.75. The van der Waals surface area contributed by atoms with Crippen molar-refractivity contribution in [2.24, 2.45) is 0 Å². The molecular weight excluding hydrogens is 188 g/mol. The molecule has 1 aromatic carbocycles. The number of nitriles is 1. The van der Waals surface area contributed by atoms with Crippen molar-refractivity contribution in [2.45, 2.75) is 19.5 Å². The average molecular weight is 202 g/mol. The van der Waals surface area contributed by atoms with E-state index in [1.54, 1.807) is 7.11 Å². The van der Waals surface area contributed by atoms with Gasteiger partial charge in [-0.3, -0.25) is 4.90 Å². The van der Waals surface area contributed by atoms with E-state index in [9.17, 15) is 0 Å². The van der Waals surface area contributed by atoms with Crippen molar-refractivity contribution in [3.05, 3.63) is 29.3 Å². The van der Waals surface area contributed by atoms with Gasteiger partial charge in [0.15, 0.2) is 0 Å². The molecule has 0 saturated heterocycles.